The van der Waals surface area contributed by atoms with Crippen LogP contribution >= 0.6 is 0 Å². The first-order valence-electron chi connectivity index (χ1n) is 25.0. The van der Waals surface area contributed by atoms with E-state index in [1.165, 1.54) is 5.56 Å². The molecule has 0 fully saturated rings. The number of ether oxygens (including phenoxy) is 3. The summed E-state index contributed by atoms with van der Waals surface area (Å²) in [5, 5.41) is 5.74. The molecule has 0 saturated heterocycles. The van der Waals surface area contributed by atoms with E-state index in [1.807, 2.05) is 90.5 Å². The van der Waals surface area contributed by atoms with Crippen LogP contribution in [-0.2, 0) is 51.7 Å². The lowest BCUT2D eigenvalue weighted by Crippen LogP contribution is -2.39. The minimum atomic E-state index is -0.791. The first-order valence-corrected chi connectivity index (χ1v) is 25.0. The molecule has 372 valence electrons. The summed E-state index contributed by atoms with van der Waals surface area (Å²) in [7, 11) is 1.55. The van der Waals surface area contributed by atoms with Crippen LogP contribution in [0.4, 0.5) is 22.7 Å². The number of carbonyl (C=O) groups excluding carboxylic acids is 6. The van der Waals surface area contributed by atoms with Crippen LogP contribution in [0.25, 0.3) is 0 Å². The van der Waals surface area contributed by atoms with E-state index in [-0.39, 0.29) is 73.3 Å². The van der Waals surface area contributed by atoms with Crippen molar-refractivity contribution in [2.75, 3.05) is 22.2 Å². The summed E-state index contributed by atoms with van der Waals surface area (Å²) in [5.41, 5.74) is 9.19. The summed E-state index contributed by atoms with van der Waals surface area (Å²) in [5.74, 6) is -0.275. The van der Waals surface area contributed by atoms with Crippen molar-refractivity contribution in [1.82, 2.24) is 5.32 Å². The quantitative estimate of drug-likeness (QED) is 0.0765. The number of anilines is 3. The van der Waals surface area contributed by atoms with E-state index >= 15 is 0 Å². The molecule has 4 aliphatic rings. The predicted molar refractivity (Wildman–Crippen MR) is 276 cm³/mol. The molecule has 0 spiro atoms. The zero-order chi connectivity index (χ0) is 50.6. The number of nitrogens with one attached hydrogen (secondary N) is 2. The summed E-state index contributed by atoms with van der Waals surface area (Å²) in [6, 6.07) is 27.9. The van der Waals surface area contributed by atoms with Gasteiger partial charge in [-0.15, -0.1) is 0 Å². The van der Waals surface area contributed by atoms with Gasteiger partial charge < -0.3 is 29.7 Å². The molecule has 2 N–H and O–H groups in total. The molecule has 0 radical (unpaired) electrons. The van der Waals surface area contributed by atoms with Crippen LogP contribution in [0, 0.1) is 12.8 Å². The Labute approximate surface area is 420 Å². The second kappa shape index (κ2) is 21.4. The highest BCUT2D eigenvalue weighted by Gasteiger charge is 2.38. The molecular formula is C58H61N5O9. The van der Waals surface area contributed by atoms with E-state index < -0.39 is 12.0 Å². The molecule has 4 amide bonds. The third-order valence-electron chi connectivity index (χ3n) is 14.2. The molecule has 14 heteroatoms. The van der Waals surface area contributed by atoms with Crippen molar-refractivity contribution in [3.05, 3.63) is 136 Å². The van der Waals surface area contributed by atoms with Crippen LogP contribution in [0.1, 0.15) is 120 Å². The van der Waals surface area contributed by atoms with E-state index in [9.17, 15) is 28.8 Å². The first kappa shape index (κ1) is 49.4. The number of amides is 4. The van der Waals surface area contributed by atoms with Crippen molar-refractivity contribution >= 4 is 64.2 Å². The van der Waals surface area contributed by atoms with Crippen molar-refractivity contribution in [2.24, 2.45) is 10.9 Å². The molecule has 4 atom stereocenters. The molecule has 14 nitrogen and oxygen atoms in total. The maximum atomic E-state index is 14.1. The monoisotopic (exact) mass is 971 g/mol. The summed E-state index contributed by atoms with van der Waals surface area (Å²) < 4.78 is 18.8. The second-order valence-electron chi connectivity index (χ2n) is 19.4. The molecule has 0 saturated carbocycles. The topological polar surface area (TPSA) is 173 Å². The highest BCUT2D eigenvalue weighted by molar-refractivity contribution is 6.15. The number of ketones is 2. The van der Waals surface area contributed by atoms with Crippen molar-refractivity contribution in [2.45, 2.75) is 123 Å². The maximum Gasteiger partial charge on any atom is 0.261 e. The molecule has 9 rings (SSSR count). The van der Waals surface area contributed by atoms with Gasteiger partial charge in [0.2, 0.25) is 11.8 Å². The van der Waals surface area contributed by atoms with Gasteiger partial charge in [0.25, 0.3) is 11.8 Å². The van der Waals surface area contributed by atoms with E-state index in [1.54, 1.807) is 45.2 Å². The Morgan fingerprint density at radius 1 is 0.750 bits per heavy atom. The zero-order valence-corrected chi connectivity index (χ0v) is 41.5. The largest absolute Gasteiger partial charge is 0.493 e. The molecule has 4 aliphatic heterocycles. The van der Waals surface area contributed by atoms with Crippen LogP contribution in [0.2, 0.25) is 0 Å². The predicted octanol–water partition coefficient (Wildman–Crippen LogP) is 9.54. The number of aliphatic imine (C=N–C) groups is 1. The summed E-state index contributed by atoms with van der Waals surface area (Å²) in [6.45, 7) is 7.13. The van der Waals surface area contributed by atoms with Gasteiger partial charge >= 0.3 is 0 Å². The van der Waals surface area contributed by atoms with Gasteiger partial charge in [-0.2, -0.15) is 0 Å². The minimum absolute atomic E-state index is 0.0619. The lowest BCUT2D eigenvalue weighted by Gasteiger charge is -2.23. The molecule has 0 unspecified atom stereocenters. The van der Waals surface area contributed by atoms with Crippen LogP contribution in [-0.4, -0.2) is 66.6 Å². The Morgan fingerprint density at radius 3 is 2.14 bits per heavy atom. The lowest BCUT2D eigenvalue weighted by molar-refractivity contribution is -0.129. The molecule has 5 aromatic carbocycles. The molecule has 5 aromatic rings. The van der Waals surface area contributed by atoms with Crippen molar-refractivity contribution in [3.8, 4) is 17.2 Å². The number of hydrogen-bond donors (Lipinski definition) is 2. The number of hydrogen-bond acceptors (Lipinski definition) is 10. The van der Waals surface area contributed by atoms with Gasteiger partial charge in [0, 0.05) is 79.0 Å². The Balaban J connectivity index is 0.921. The molecule has 0 aliphatic carbocycles. The molecule has 4 heterocycles. The number of Topliss-reactive ketones (excluding diaryl/α,β-unsaturated/α-hetero) is 2. The highest BCUT2D eigenvalue weighted by atomic mass is 16.5. The summed E-state index contributed by atoms with van der Waals surface area (Å²) in [6.07, 6.45) is 6.96. The van der Waals surface area contributed by atoms with Crippen molar-refractivity contribution in [1.29, 1.82) is 0 Å². The Hall–Kier alpha value is -7.61. The zero-order valence-electron chi connectivity index (χ0n) is 41.5. The van der Waals surface area contributed by atoms with Gasteiger partial charge in [-0.05, 0) is 128 Å². The summed E-state index contributed by atoms with van der Waals surface area (Å²) in [4.78, 5) is 87.9. The van der Waals surface area contributed by atoms with Crippen molar-refractivity contribution in [3.63, 3.8) is 0 Å². The van der Waals surface area contributed by atoms with Gasteiger partial charge in [0.05, 0.1) is 30.4 Å². The van der Waals surface area contributed by atoms with E-state index in [0.29, 0.717) is 89.4 Å². The number of nitrogens with zero attached hydrogens (tertiary/aromatic N) is 3. The van der Waals surface area contributed by atoms with Gasteiger partial charge in [0.1, 0.15) is 24.7 Å². The Morgan fingerprint density at radius 2 is 1.42 bits per heavy atom. The average molecular weight is 972 g/mol. The number of carbonyl (C=O) groups is 6. The normalized spacial score (nSPS) is 17.0. The smallest absolute Gasteiger partial charge is 0.261 e. The maximum absolute atomic E-state index is 14.1. The third kappa shape index (κ3) is 10.5. The number of para-hydroxylation sites is 2. The molecular weight excluding hydrogens is 911 g/mol. The van der Waals surface area contributed by atoms with Crippen LogP contribution < -0.4 is 34.6 Å². The van der Waals surface area contributed by atoms with Gasteiger partial charge in [-0.25, -0.2) is 0 Å². The molecule has 0 bridgehead atoms. The first-order chi connectivity index (χ1) is 34.8. The Bertz CT molecular complexity index is 3000. The van der Waals surface area contributed by atoms with E-state index in [4.69, 9.17) is 19.2 Å². The number of benzene rings is 5. The number of fused-ring (bicyclic) bond motifs is 8. The second-order valence-corrected chi connectivity index (χ2v) is 19.4. The van der Waals surface area contributed by atoms with Crippen molar-refractivity contribution < 1.29 is 43.0 Å². The van der Waals surface area contributed by atoms with Crippen LogP contribution in [0.15, 0.2) is 96.0 Å². The van der Waals surface area contributed by atoms with Gasteiger partial charge in [-0.3, -0.25) is 38.7 Å². The number of unbranched alkanes of at least 4 members (excludes halogenated alkanes) is 1. The number of methoxy groups -OCH3 is 1. The molecule has 72 heavy (non-hydrogen) atoms. The SMILES string of the molecule is CCC(=O)CCCCC(=O)N[C@@H](C)C(=O)C[C@H](C)C(=O)Nc1cc(COc2cc3c(cc2C)C(=O)N2c4ccccc4C[C@H]2C=N3)cc(COc2cc3c(cc2OC)C(=O)N2c4ccccc4C[C@H]2CC3)c1. The third-order valence-corrected chi connectivity index (χ3v) is 14.2. The summed E-state index contributed by atoms with van der Waals surface area (Å²) >= 11 is 0. The van der Waals surface area contributed by atoms with E-state index in [2.05, 4.69) is 16.7 Å². The van der Waals surface area contributed by atoms with Crippen LogP contribution in [0.3, 0.4) is 0 Å². The van der Waals surface area contributed by atoms with Gasteiger partial charge in [0.15, 0.2) is 17.3 Å². The fourth-order valence-electron chi connectivity index (χ4n) is 10.2. The molecule has 0 aromatic heterocycles. The lowest BCUT2D eigenvalue weighted by atomic mass is 9.99. The minimum Gasteiger partial charge on any atom is -0.493 e. The average Bonchev–Trinajstić information content (AvgIpc) is 3.87. The van der Waals surface area contributed by atoms with Gasteiger partial charge in [-0.1, -0.05) is 50.2 Å². The van der Waals surface area contributed by atoms with Crippen LogP contribution in [0.5, 0.6) is 17.2 Å². The van der Waals surface area contributed by atoms with E-state index in [0.717, 1.165) is 40.9 Å². The fraction of sp³-hybridized carbons (Fsp3) is 0.362. The number of rotatable bonds is 19. The fourth-order valence-corrected chi connectivity index (χ4v) is 10.2. The standard InChI is InChI=1S/C58H61N5O9/c1-6-45(64)15-9-12-18-55(66)60-36(4)51(65)22-35(3)56(67)61-42-24-37(32-71-52-30-48-47(21-34(52)2)58(69)63-44(31-59-48)27-41-14-8-11-17-50(41)63)23-38(25-42)33-72-54-28-39-19-20-43-26-40-13-7-10-16-49(40)62(43)57(68)46(39)29-53(54)70-5/h7-8,10-11,13-14,16-17,21,23-25,28-31,35-36,43-44H,6,9,12,15,18-20,22,26-27,32-33H2,1-5H3,(H,60,66)(H,61,67)/t35-,36-,43+,44-/m0/s1. The Kier molecular flexibility index (Phi) is 14.7. The highest BCUT2D eigenvalue weighted by Crippen LogP contribution is 2.42. The number of aryl methyl sites for hydroxylation is 2.